The Labute approximate surface area is 118 Å². The topological polar surface area (TPSA) is 104 Å². The Morgan fingerprint density at radius 2 is 1.38 bits per heavy atom. The predicted molar refractivity (Wildman–Crippen MR) is 71.3 cm³/mol. The van der Waals surface area contributed by atoms with Gasteiger partial charge in [0.25, 0.3) is 0 Å². The zero-order valence-electron chi connectivity index (χ0n) is 10.9. The van der Waals surface area contributed by atoms with Crippen LogP contribution in [0.15, 0.2) is 24.3 Å². The number of methoxy groups -OCH3 is 1. The van der Waals surface area contributed by atoms with Crippen molar-refractivity contribution in [1.82, 2.24) is 0 Å². The van der Waals surface area contributed by atoms with Gasteiger partial charge in [0.2, 0.25) is 5.78 Å². The second-order valence-corrected chi connectivity index (χ2v) is 4.58. The van der Waals surface area contributed by atoms with E-state index in [9.17, 15) is 24.9 Å². The molecule has 2 aromatic rings. The number of aromatic hydroxyl groups is 3. The van der Waals surface area contributed by atoms with E-state index in [0.29, 0.717) is 0 Å². The van der Waals surface area contributed by atoms with Gasteiger partial charge in [-0.05, 0) is 18.2 Å². The lowest BCUT2D eigenvalue weighted by Crippen LogP contribution is -2.21. The molecule has 1 aliphatic carbocycles. The first-order valence-corrected chi connectivity index (χ1v) is 6.01. The first-order valence-electron chi connectivity index (χ1n) is 6.01. The van der Waals surface area contributed by atoms with Crippen molar-refractivity contribution in [3.8, 4) is 23.0 Å². The maximum atomic E-state index is 12.5. The molecule has 21 heavy (non-hydrogen) atoms. The lowest BCUT2D eigenvalue weighted by molar-refractivity contribution is 0.0971. The van der Waals surface area contributed by atoms with Crippen molar-refractivity contribution in [2.24, 2.45) is 0 Å². The van der Waals surface area contributed by atoms with Crippen molar-refractivity contribution in [2.75, 3.05) is 7.11 Å². The van der Waals surface area contributed by atoms with Gasteiger partial charge in [-0.25, -0.2) is 0 Å². The lowest BCUT2D eigenvalue weighted by Gasteiger charge is -2.20. The minimum Gasteiger partial charge on any atom is -0.507 e. The highest BCUT2D eigenvalue weighted by Crippen LogP contribution is 2.41. The van der Waals surface area contributed by atoms with Crippen molar-refractivity contribution >= 4 is 11.6 Å². The largest absolute Gasteiger partial charge is 0.507 e. The number of hydrogen-bond donors (Lipinski definition) is 3. The van der Waals surface area contributed by atoms with Crippen LogP contribution in [0.3, 0.4) is 0 Å². The van der Waals surface area contributed by atoms with E-state index in [2.05, 4.69) is 0 Å². The van der Waals surface area contributed by atoms with Crippen LogP contribution in [0.5, 0.6) is 23.0 Å². The van der Waals surface area contributed by atoms with Crippen LogP contribution >= 0.6 is 0 Å². The molecule has 2 aromatic carbocycles. The number of phenolic OH excluding ortho intramolecular Hbond substituents is 3. The summed E-state index contributed by atoms with van der Waals surface area (Å²) in [6.45, 7) is 0. The third kappa shape index (κ3) is 1.66. The number of ketones is 2. The van der Waals surface area contributed by atoms with Gasteiger partial charge >= 0.3 is 0 Å². The second kappa shape index (κ2) is 4.24. The van der Waals surface area contributed by atoms with E-state index in [4.69, 9.17) is 4.74 Å². The van der Waals surface area contributed by atoms with Gasteiger partial charge in [0.05, 0.1) is 23.8 Å². The van der Waals surface area contributed by atoms with Gasteiger partial charge in [-0.15, -0.1) is 0 Å². The fourth-order valence-electron chi connectivity index (χ4n) is 2.44. The van der Waals surface area contributed by atoms with Gasteiger partial charge in [0.1, 0.15) is 23.0 Å². The molecule has 0 fully saturated rings. The quantitative estimate of drug-likeness (QED) is 0.587. The molecule has 3 N–H and O–H groups in total. The van der Waals surface area contributed by atoms with Crippen LogP contribution in [0, 0.1) is 0 Å². The summed E-state index contributed by atoms with van der Waals surface area (Å²) in [7, 11) is 1.35. The Morgan fingerprint density at radius 1 is 0.810 bits per heavy atom. The molecule has 3 rings (SSSR count). The Hall–Kier alpha value is -3.02. The molecule has 0 amide bonds. The van der Waals surface area contributed by atoms with E-state index in [1.807, 2.05) is 0 Å². The van der Waals surface area contributed by atoms with Crippen molar-refractivity contribution in [3.05, 3.63) is 46.5 Å². The number of rotatable bonds is 1. The maximum Gasteiger partial charge on any atom is 0.202 e. The van der Waals surface area contributed by atoms with Gasteiger partial charge in [-0.2, -0.15) is 0 Å². The van der Waals surface area contributed by atoms with E-state index in [0.717, 1.165) is 12.1 Å². The van der Waals surface area contributed by atoms with Crippen LogP contribution in [0.2, 0.25) is 0 Å². The van der Waals surface area contributed by atoms with Gasteiger partial charge in [0.15, 0.2) is 5.78 Å². The summed E-state index contributed by atoms with van der Waals surface area (Å²) in [5, 5.41) is 29.6. The van der Waals surface area contributed by atoms with Crippen LogP contribution in [-0.2, 0) is 0 Å². The maximum absolute atomic E-state index is 12.5. The van der Waals surface area contributed by atoms with Gasteiger partial charge in [-0.1, -0.05) is 0 Å². The van der Waals surface area contributed by atoms with Gasteiger partial charge < -0.3 is 20.1 Å². The molecule has 0 unspecified atom stereocenters. The molecule has 0 heterocycles. The van der Waals surface area contributed by atoms with E-state index in [-0.39, 0.29) is 28.0 Å². The van der Waals surface area contributed by atoms with Gasteiger partial charge in [0, 0.05) is 11.6 Å². The van der Waals surface area contributed by atoms with Crippen LogP contribution in [0.25, 0.3) is 0 Å². The van der Waals surface area contributed by atoms with E-state index in [1.165, 1.54) is 19.2 Å². The average molecular weight is 286 g/mol. The summed E-state index contributed by atoms with van der Waals surface area (Å²) >= 11 is 0. The van der Waals surface area contributed by atoms with Crippen LogP contribution in [0.4, 0.5) is 0 Å². The Morgan fingerprint density at radius 3 is 1.95 bits per heavy atom. The zero-order valence-corrected chi connectivity index (χ0v) is 10.9. The molecule has 0 aliphatic heterocycles. The average Bonchev–Trinajstić information content (AvgIpc) is 2.46. The summed E-state index contributed by atoms with van der Waals surface area (Å²) < 4.78 is 4.95. The minimum atomic E-state index is -0.729. The number of carbonyl (C=O) groups excluding carboxylic acids is 2. The lowest BCUT2D eigenvalue weighted by atomic mass is 9.82. The molecule has 6 nitrogen and oxygen atoms in total. The number of benzene rings is 2. The second-order valence-electron chi connectivity index (χ2n) is 4.58. The first-order chi connectivity index (χ1) is 9.95. The normalized spacial score (nSPS) is 12.8. The molecule has 0 bridgehead atoms. The summed E-state index contributed by atoms with van der Waals surface area (Å²) in [5.74, 6) is -2.45. The number of fused-ring (bicyclic) bond motifs is 2. The van der Waals surface area contributed by atoms with Crippen molar-refractivity contribution < 1.29 is 29.6 Å². The summed E-state index contributed by atoms with van der Waals surface area (Å²) in [6, 6.07) is 4.76. The molecule has 0 atom stereocenters. The van der Waals surface area contributed by atoms with Crippen LogP contribution in [-0.4, -0.2) is 34.0 Å². The van der Waals surface area contributed by atoms with E-state index >= 15 is 0 Å². The number of carbonyl (C=O) groups is 2. The summed E-state index contributed by atoms with van der Waals surface area (Å²) in [5.41, 5.74) is -0.882. The zero-order chi connectivity index (χ0) is 15.3. The molecule has 0 spiro atoms. The minimum absolute atomic E-state index is 0.0785. The fourth-order valence-corrected chi connectivity index (χ4v) is 2.44. The monoisotopic (exact) mass is 286 g/mol. The molecule has 0 aromatic heterocycles. The smallest absolute Gasteiger partial charge is 0.202 e. The highest BCUT2D eigenvalue weighted by molar-refractivity contribution is 6.31. The molecule has 0 saturated carbocycles. The Kier molecular flexibility index (Phi) is 2.62. The molecule has 0 radical (unpaired) electrons. The Bertz CT molecular complexity index is 806. The predicted octanol–water partition coefficient (Wildman–Crippen LogP) is 1.59. The van der Waals surface area contributed by atoms with Crippen LogP contribution < -0.4 is 4.74 Å². The molecular weight excluding hydrogens is 276 g/mol. The number of ether oxygens (including phenoxy) is 1. The van der Waals surface area contributed by atoms with Crippen molar-refractivity contribution in [1.29, 1.82) is 0 Å². The van der Waals surface area contributed by atoms with Crippen LogP contribution in [0.1, 0.15) is 31.8 Å². The van der Waals surface area contributed by atoms with E-state index in [1.54, 1.807) is 0 Å². The number of hydrogen-bond acceptors (Lipinski definition) is 6. The SMILES string of the molecule is COc1cc(O)c2c(c1)C(=O)c1c(O)ccc(O)c1C2=O. The van der Waals surface area contributed by atoms with Gasteiger partial charge in [-0.3, -0.25) is 9.59 Å². The molecule has 106 valence electrons. The summed E-state index contributed by atoms with van der Waals surface area (Å²) in [6.07, 6.45) is 0. The third-order valence-corrected chi connectivity index (χ3v) is 3.41. The van der Waals surface area contributed by atoms with E-state index < -0.39 is 28.8 Å². The molecular formula is C15H10O6. The number of phenols is 3. The highest BCUT2D eigenvalue weighted by Gasteiger charge is 2.36. The molecule has 6 heteroatoms. The standard InChI is InChI=1S/C15H10O6/c1-21-6-4-7-11(10(18)5-6)15(20)13-9(17)3-2-8(16)12(13)14(7)19/h2-5,16-18H,1H3. The Balaban J connectivity index is 2.38. The molecule has 0 saturated heterocycles. The first kappa shape index (κ1) is 13.0. The fraction of sp³-hybridized carbons (Fsp3) is 0.0667. The summed E-state index contributed by atoms with van der Waals surface area (Å²) in [4.78, 5) is 24.9. The third-order valence-electron chi connectivity index (χ3n) is 3.41. The highest BCUT2D eigenvalue weighted by atomic mass is 16.5. The van der Waals surface area contributed by atoms with Crippen molar-refractivity contribution in [2.45, 2.75) is 0 Å². The molecule has 1 aliphatic rings. The van der Waals surface area contributed by atoms with Crippen molar-refractivity contribution in [3.63, 3.8) is 0 Å².